The molecule has 1 aromatic heterocycles. The van der Waals surface area contributed by atoms with Gasteiger partial charge in [0.15, 0.2) is 0 Å². The maximum Gasteiger partial charge on any atom is 0.107 e. The molecular formula is C14H23ClN2S. The van der Waals surface area contributed by atoms with Crippen LogP contribution in [0.1, 0.15) is 44.3 Å². The van der Waals surface area contributed by atoms with Crippen LogP contribution in [-0.2, 0) is 12.4 Å². The highest BCUT2D eigenvalue weighted by molar-refractivity contribution is 7.09. The van der Waals surface area contributed by atoms with Crippen molar-refractivity contribution in [2.45, 2.75) is 46.0 Å². The number of alkyl halides is 1. The lowest BCUT2D eigenvalue weighted by atomic mass is 9.75. The van der Waals surface area contributed by atoms with Gasteiger partial charge in [-0.3, -0.25) is 4.90 Å². The van der Waals surface area contributed by atoms with E-state index >= 15 is 0 Å². The van der Waals surface area contributed by atoms with Crippen molar-refractivity contribution >= 4 is 22.9 Å². The average molecular weight is 287 g/mol. The number of piperidine rings is 1. The molecule has 0 N–H and O–H groups in total. The summed E-state index contributed by atoms with van der Waals surface area (Å²) in [5, 5.41) is 3.28. The molecule has 0 atom stereocenters. The monoisotopic (exact) mass is 286 g/mol. The van der Waals surface area contributed by atoms with Crippen LogP contribution in [-0.4, -0.2) is 23.0 Å². The largest absolute Gasteiger partial charge is 0.297 e. The second-order valence-electron chi connectivity index (χ2n) is 6.28. The van der Waals surface area contributed by atoms with E-state index < -0.39 is 0 Å². The summed E-state index contributed by atoms with van der Waals surface area (Å²) in [7, 11) is 0. The molecule has 2 nitrogen and oxygen atoms in total. The Hall–Kier alpha value is -0.120. The number of thiazole rings is 1. The zero-order chi connectivity index (χ0) is 13.2. The van der Waals surface area contributed by atoms with E-state index in [1.807, 2.05) is 0 Å². The molecule has 1 aromatic rings. The topological polar surface area (TPSA) is 16.1 Å². The van der Waals surface area contributed by atoms with E-state index in [0.717, 1.165) is 18.2 Å². The van der Waals surface area contributed by atoms with Gasteiger partial charge in [-0.15, -0.1) is 22.9 Å². The predicted molar refractivity (Wildman–Crippen MR) is 79.1 cm³/mol. The van der Waals surface area contributed by atoms with Gasteiger partial charge in [0.2, 0.25) is 0 Å². The van der Waals surface area contributed by atoms with Crippen LogP contribution in [0.3, 0.4) is 0 Å². The first kappa shape index (κ1) is 14.3. The molecule has 0 bridgehead atoms. The minimum atomic E-state index is 0.457. The van der Waals surface area contributed by atoms with E-state index in [4.69, 9.17) is 11.6 Å². The van der Waals surface area contributed by atoms with Crippen molar-refractivity contribution < 1.29 is 0 Å². The van der Waals surface area contributed by atoms with Gasteiger partial charge in [-0.1, -0.05) is 20.8 Å². The van der Waals surface area contributed by atoms with Crippen molar-refractivity contribution in [2.75, 3.05) is 13.1 Å². The summed E-state index contributed by atoms with van der Waals surface area (Å²) in [4.78, 5) is 7.06. The fourth-order valence-corrected chi connectivity index (χ4v) is 3.69. The molecule has 0 spiro atoms. The summed E-state index contributed by atoms with van der Waals surface area (Å²) in [5.74, 6) is 1.39. The Kier molecular flexibility index (Phi) is 4.68. The van der Waals surface area contributed by atoms with Crippen LogP contribution in [0.2, 0.25) is 0 Å². The number of nitrogens with zero attached hydrogens (tertiary/aromatic N) is 2. The van der Waals surface area contributed by atoms with Gasteiger partial charge in [0, 0.05) is 5.38 Å². The fourth-order valence-electron chi connectivity index (χ4n) is 2.63. The maximum absolute atomic E-state index is 5.78. The molecule has 2 heterocycles. The minimum absolute atomic E-state index is 0.457. The summed E-state index contributed by atoms with van der Waals surface area (Å²) in [6, 6.07) is 0. The number of hydrogen-bond acceptors (Lipinski definition) is 3. The number of hydrogen-bond donors (Lipinski definition) is 0. The lowest BCUT2D eigenvalue weighted by Gasteiger charge is -2.38. The first-order valence-electron chi connectivity index (χ1n) is 6.70. The highest BCUT2D eigenvalue weighted by Gasteiger charge is 2.28. The third-order valence-corrected chi connectivity index (χ3v) is 5.06. The van der Waals surface area contributed by atoms with Crippen LogP contribution in [0.4, 0.5) is 0 Å². The first-order chi connectivity index (χ1) is 8.49. The van der Waals surface area contributed by atoms with Crippen LogP contribution in [0.5, 0.6) is 0 Å². The molecule has 1 aliphatic rings. The van der Waals surface area contributed by atoms with Crippen molar-refractivity contribution in [3.05, 3.63) is 16.1 Å². The lowest BCUT2D eigenvalue weighted by molar-refractivity contribution is 0.108. The quantitative estimate of drug-likeness (QED) is 0.777. The first-order valence-corrected chi connectivity index (χ1v) is 8.12. The molecule has 0 aliphatic carbocycles. The normalized spacial score (nSPS) is 19.3. The van der Waals surface area contributed by atoms with E-state index in [0.29, 0.717) is 11.3 Å². The SMILES string of the molecule is CC(C)(C)C1CCN(Cc2nc(CCl)cs2)CC1. The molecule has 18 heavy (non-hydrogen) atoms. The predicted octanol–water partition coefficient (Wildman–Crippen LogP) is 4.14. The Labute approximate surface area is 119 Å². The van der Waals surface area contributed by atoms with Crippen molar-refractivity contribution in [1.82, 2.24) is 9.88 Å². The highest BCUT2D eigenvalue weighted by atomic mass is 35.5. The molecule has 1 fully saturated rings. The minimum Gasteiger partial charge on any atom is -0.297 e. The molecule has 0 radical (unpaired) electrons. The van der Waals surface area contributed by atoms with Crippen molar-refractivity contribution in [3.8, 4) is 0 Å². The smallest absolute Gasteiger partial charge is 0.107 e. The maximum atomic E-state index is 5.78. The van der Waals surface area contributed by atoms with E-state index in [-0.39, 0.29) is 0 Å². The van der Waals surface area contributed by atoms with Gasteiger partial charge < -0.3 is 0 Å². The molecule has 4 heteroatoms. The van der Waals surface area contributed by atoms with E-state index in [9.17, 15) is 0 Å². The van der Waals surface area contributed by atoms with Crippen molar-refractivity contribution in [2.24, 2.45) is 11.3 Å². The summed E-state index contributed by atoms with van der Waals surface area (Å²) in [6.45, 7) is 10.5. The fraction of sp³-hybridized carbons (Fsp3) is 0.786. The molecule has 1 saturated heterocycles. The molecule has 102 valence electrons. The second kappa shape index (κ2) is 5.89. The molecule has 0 amide bonds. The van der Waals surface area contributed by atoms with Crippen molar-refractivity contribution in [1.29, 1.82) is 0 Å². The summed E-state index contributed by atoms with van der Waals surface area (Å²) < 4.78 is 0. The molecule has 0 unspecified atom stereocenters. The van der Waals surface area contributed by atoms with Crippen LogP contribution < -0.4 is 0 Å². The van der Waals surface area contributed by atoms with Gasteiger partial charge in [0.25, 0.3) is 0 Å². The Balaban J connectivity index is 1.83. The Morgan fingerprint density at radius 2 is 2.06 bits per heavy atom. The molecule has 1 aliphatic heterocycles. The van der Waals surface area contributed by atoms with Crippen molar-refractivity contribution in [3.63, 3.8) is 0 Å². The standard InChI is InChI=1S/C14H23ClN2S/c1-14(2,3)11-4-6-17(7-5-11)9-13-16-12(8-15)10-18-13/h10-11H,4-9H2,1-3H3. The van der Waals surface area contributed by atoms with E-state index in [2.05, 4.69) is 36.0 Å². The van der Waals surface area contributed by atoms with Gasteiger partial charge in [0.05, 0.1) is 18.1 Å². The van der Waals surface area contributed by atoms with Gasteiger partial charge in [-0.05, 0) is 37.3 Å². The zero-order valence-electron chi connectivity index (χ0n) is 11.6. The average Bonchev–Trinajstić information content (AvgIpc) is 2.76. The van der Waals surface area contributed by atoms with Crippen LogP contribution in [0.15, 0.2) is 5.38 Å². The van der Waals surface area contributed by atoms with E-state index in [1.54, 1.807) is 11.3 Å². The summed E-state index contributed by atoms with van der Waals surface area (Å²) in [5.41, 5.74) is 1.47. The zero-order valence-corrected chi connectivity index (χ0v) is 13.2. The van der Waals surface area contributed by atoms with E-state index in [1.165, 1.54) is 30.9 Å². The lowest BCUT2D eigenvalue weighted by Crippen LogP contribution is -2.37. The van der Waals surface area contributed by atoms with Crippen LogP contribution >= 0.6 is 22.9 Å². The Bertz CT molecular complexity index is 375. The van der Waals surface area contributed by atoms with Crippen LogP contribution in [0, 0.1) is 11.3 Å². The molecule has 0 saturated carbocycles. The third-order valence-electron chi connectivity index (χ3n) is 3.91. The Morgan fingerprint density at radius 1 is 1.39 bits per heavy atom. The van der Waals surface area contributed by atoms with Gasteiger partial charge in [-0.25, -0.2) is 4.98 Å². The Morgan fingerprint density at radius 3 is 2.56 bits per heavy atom. The van der Waals surface area contributed by atoms with Gasteiger partial charge >= 0.3 is 0 Å². The second-order valence-corrected chi connectivity index (χ2v) is 7.49. The number of rotatable bonds is 3. The molecule has 2 rings (SSSR count). The number of aromatic nitrogens is 1. The summed E-state index contributed by atoms with van der Waals surface area (Å²) in [6.07, 6.45) is 2.63. The molecule has 0 aromatic carbocycles. The number of likely N-dealkylation sites (tertiary alicyclic amines) is 1. The molecular weight excluding hydrogens is 264 g/mol. The van der Waals surface area contributed by atoms with Gasteiger partial charge in [-0.2, -0.15) is 0 Å². The van der Waals surface area contributed by atoms with Gasteiger partial charge in [0.1, 0.15) is 5.01 Å². The summed E-state index contributed by atoms with van der Waals surface area (Å²) >= 11 is 7.52. The highest BCUT2D eigenvalue weighted by Crippen LogP contribution is 2.34. The third kappa shape index (κ3) is 3.69. The number of halogens is 1. The van der Waals surface area contributed by atoms with Crippen LogP contribution in [0.25, 0.3) is 0 Å².